The Labute approximate surface area is 192 Å². The quantitative estimate of drug-likeness (QED) is 0.324. The molecule has 162 valence electrons. The standard InChI is InChI=1S/C29H23NO3/c31-26-18-17-22-12-5-7-15-24(22)27(26)28(25-16-8-13-21-11-4-6-14-23(21)25)30-29(32)33-19-20-9-2-1-3-10-20/h1-18,28,31H,19H2,(H,30,32). The molecule has 2 N–H and O–H groups in total. The minimum absolute atomic E-state index is 0.120. The number of phenolic OH excluding ortho intramolecular Hbond substituents is 1. The summed E-state index contributed by atoms with van der Waals surface area (Å²) >= 11 is 0. The van der Waals surface area contributed by atoms with Crippen molar-refractivity contribution >= 4 is 27.6 Å². The predicted octanol–water partition coefficient (Wildman–Crippen LogP) is 6.71. The van der Waals surface area contributed by atoms with Crippen LogP contribution in [0.1, 0.15) is 22.7 Å². The molecule has 0 aliphatic carbocycles. The van der Waals surface area contributed by atoms with Crippen molar-refractivity contribution < 1.29 is 14.6 Å². The van der Waals surface area contributed by atoms with Gasteiger partial charge in [-0.15, -0.1) is 0 Å². The van der Waals surface area contributed by atoms with E-state index >= 15 is 0 Å². The van der Waals surface area contributed by atoms with Crippen LogP contribution in [0.2, 0.25) is 0 Å². The van der Waals surface area contributed by atoms with Crippen LogP contribution in [0.5, 0.6) is 5.75 Å². The highest BCUT2D eigenvalue weighted by Crippen LogP contribution is 2.38. The highest BCUT2D eigenvalue weighted by atomic mass is 16.5. The van der Waals surface area contributed by atoms with Crippen LogP contribution in [0, 0.1) is 0 Å². The molecule has 0 aliphatic heterocycles. The molecular formula is C29H23NO3. The van der Waals surface area contributed by atoms with E-state index in [9.17, 15) is 9.90 Å². The summed E-state index contributed by atoms with van der Waals surface area (Å²) in [4.78, 5) is 12.9. The van der Waals surface area contributed by atoms with E-state index in [-0.39, 0.29) is 12.4 Å². The van der Waals surface area contributed by atoms with Gasteiger partial charge in [-0.05, 0) is 38.7 Å². The van der Waals surface area contributed by atoms with Crippen molar-refractivity contribution in [2.75, 3.05) is 0 Å². The SMILES string of the molecule is O=C(NC(c1cccc2ccccc12)c1c(O)ccc2ccccc12)OCc1ccccc1. The van der Waals surface area contributed by atoms with Gasteiger partial charge >= 0.3 is 6.09 Å². The van der Waals surface area contributed by atoms with Crippen LogP contribution in [0.25, 0.3) is 21.5 Å². The van der Waals surface area contributed by atoms with Gasteiger partial charge in [0.05, 0.1) is 6.04 Å². The molecule has 0 aromatic heterocycles. The van der Waals surface area contributed by atoms with E-state index in [4.69, 9.17) is 4.74 Å². The van der Waals surface area contributed by atoms with Crippen molar-refractivity contribution in [3.05, 3.63) is 126 Å². The summed E-state index contributed by atoms with van der Waals surface area (Å²) in [5.74, 6) is 0.120. The lowest BCUT2D eigenvalue weighted by molar-refractivity contribution is 0.137. The minimum Gasteiger partial charge on any atom is -0.508 e. The Morgan fingerprint density at radius 2 is 1.36 bits per heavy atom. The number of hydrogen-bond acceptors (Lipinski definition) is 3. The average Bonchev–Trinajstić information content (AvgIpc) is 2.87. The largest absolute Gasteiger partial charge is 0.508 e. The zero-order valence-electron chi connectivity index (χ0n) is 17.9. The lowest BCUT2D eigenvalue weighted by Gasteiger charge is -2.23. The van der Waals surface area contributed by atoms with Crippen LogP contribution < -0.4 is 5.32 Å². The first-order valence-electron chi connectivity index (χ1n) is 10.9. The molecule has 0 spiro atoms. The number of rotatable bonds is 5. The van der Waals surface area contributed by atoms with Crippen LogP contribution in [0.15, 0.2) is 109 Å². The lowest BCUT2D eigenvalue weighted by atomic mass is 9.90. The summed E-state index contributed by atoms with van der Waals surface area (Å²) in [5.41, 5.74) is 2.43. The fraction of sp³-hybridized carbons (Fsp3) is 0.0690. The maximum absolute atomic E-state index is 12.9. The van der Waals surface area contributed by atoms with E-state index in [1.54, 1.807) is 6.07 Å². The fourth-order valence-electron chi connectivity index (χ4n) is 4.28. The van der Waals surface area contributed by atoms with Crippen molar-refractivity contribution in [3.8, 4) is 5.75 Å². The van der Waals surface area contributed by atoms with E-state index in [0.29, 0.717) is 5.56 Å². The highest BCUT2D eigenvalue weighted by molar-refractivity contribution is 5.92. The van der Waals surface area contributed by atoms with Crippen molar-refractivity contribution in [2.45, 2.75) is 12.6 Å². The number of ether oxygens (including phenoxy) is 1. The van der Waals surface area contributed by atoms with Crippen LogP contribution in [-0.4, -0.2) is 11.2 Å². The molecule has 1 atom stereocenters. The van der Waals surface area contributed by atoms with Gasteiger partial charge in [-0.3, -0.25) is 0 Å². The molecule has 5 rings (SSSR count). The number of carbonyl (C=O) groups excluding carboxylic acids is 1. The molecule has 0 saturated heterocycles. The molecule has 0 bridgehead atoms. The zero-order valence-corrected chi connectivity index (χ0v) is 17.9. The van der Waals surface area contributed by atoms with Crippen LogP contribution in [-0.2, 0) is 11.3 Å². The Balaban J connectivity index is 1.59. The van der Waals surface area contributed by atoms with Gasteiger partial charge in [0.15, 0.2) is 0 Å². The maximum atomic E-state index is 12.9. The van der Waals surface area contributed by atoms with Crippen molar-refractivity contribution in [1.29, 1.82) is 0 Å². The summed E-state index contributed by atoms with van der Waals surface area (Å²) in [6, 6.07) is 34.3. The van der Waals surface area contributed by atoms with E-state index in [0.717, 1.165) is 32.7 Å². The second-order valence-electron chi connectivity index (χ2n) is 7.93. The zero-order chi connectivity index (χ0) is 22.6. The number of phenols is 1. The third-order valence-corrected chi connectivity index (χ3v) is 5.85. The minimum atomic E-state index is -0.606. The Kier molecular flexibility index (Phi) is 5.64. The number of nitrogens with one attached hydrogen (secondary N) is 1. The van der Waals surface area contributed by atoms with E-state index < -0.39 is 12.1 Å². The number of amides is 1. The van der Waals surface area contributed by atoms with Crippen molar-refractivity contribution in [1.82, 2.24) is 5.32 Å². The maximum Gasteiger partial charge on any atom is 0.408 e. The van der Waals surface area contributed by atoms with Gasteiger partial charge in [-0.2, -0.15) is 0 Å². The molecule has 5 aromatic rings. The van der Waals surface area contributed by atoms with E-state index in [1.807, 2.05) is 103 Å². The molecule has 0 aliphatic rings. The first-order valence-corrected chi connectivity index (χ1v) is 10.9. The molecule has 4 heteroatoms. The molecular weight excluding hydrogens is 410 g/mol. The van der Waals surface area contributed by atoms with Gasteiger partial charge in [0.1, 0.15) is 12.4 Å². The van der Waals surface area contributed by atoms with Gasteiger partial charge in [0.2, 0.25) is 0 Å². The molecule has 4 nitrogen and oxygen atoms in total. The Bertz CT molecular complexity index is 1420. The number of fused-ring (bicyclic) bond motifs is 2. The predicted molar refractivity (Wildman–Crippen MR) is 131 cm³/mol. The third kappa shape index (κ3) is 4.23. The molecule has 0 radical (unpaired) electrons. The average molecular weight is 434 g/mol. The molecule has 5 aromatic carbocycles. The summed E-state index contributed by atoms with van der Waals surface area (Å²) in [6.45, 7) is 0.163. The Hall–Kier alpha value is -4.31. The topological polar surface area (TPSA) is 58.6 Å². The number of carbonyl (C=O) groups is 1. The second-order valence-corrected chi connectivity index (χ2v) is 7.93. The summed E-state index contributed by atoms with van der Waals surface area (Å²) in [5, 5.41) is 17.9. The number of aromatic hydroxyl groups is 1. The first kappa shape index (κ1) is 20.6. The van der Waals surface area contributed by atoms with E-state index in [1.165, 1.54) is 0 Å². The van der Waals surface area contributed by atoms with Gasteiger partial charge in [-0.25, -0.2) is 4.79 Å². The van der Waals surface area contributed by atoms with Crippen LogP contribution in [0.3, 0.4) is 0 Å². The normalized spacial score (nSPS) is 11.9. The summed E-state index contributed by atoms with van der Waals surface area (Å²) in [7, 11) is 0. The number of hydrogen-bond donors (Lipinski definition) is 2. The fourth-order valence-corrected chi connectivity index (χ4v) is 4.28. The lowest BCUT2D eigenvalue weighted by Crippen LogP contribution is -2.30. The van der Waals surface area contributed by atoms with Crippen molar-refractivity contribution in [2.24, 2.45) is 0 Å². The van der Waals surface area contributed by atoms with Crippen LogP contribution >= 0.6 is 0 Å². The highest BCUT2D eigenvalue weighted by Gasteiger charge is 2.24. The van der Waals surface area contributed by atoms with Gasteiger partial charge in [0.25, 0.3) is 0 Å². The molecule has 0 saturated carbocycles. The van der Waals surface area contributed by atoms with E-state index in [2.05, 4.69) is 5.32 Å². The van der Waals surface area contributed by atoms with Gasteiger partial charge in [-0.1, -0.05) is 103 Å². The van der Waals surface area contributed by atoms with Gasteiger partial charge in [0, 0.05) is 5.56 Å². The molecule has 33 heavy (non-hydrogen) atoms. The Morgan fingerprint density at radius 1 is 0.727 bits per heavy atom. The van der Waals surface area contributed by atoms with Crippen LogP contribution in [0.4, 0.5) is 4.79 Å². The molecule has 0 heterocycles. The second kappa shape index (κ2) is 9.05. The summed E-state index contributed by atoms with van der Waals surface area (Å²) in [6.07, 6.45) is -0.552. The monoisotopic (exact) mass is 433 g/mol. The molecule has 0 fully saturated rings. The van der Waals surface area contributed by atoms with Crippen molar-refractivity contribution in [3.63, 3.8) is 0 Å². The summed E-state index contributed by atoms with van der Waals surface area (Å²) < 4.78 is 5.53. The molecule has 1 unspecified atom stereocenters. The first-order chi connectivity index (χ1) is 16.2. The number of alkyl carbamates (subject to hydrolysis) is 1. The number of benzene rings is 5. The Morgan fingerprint density at radius 3 is 2.15 bits per heavy atom. The van der Waals surface area contributed by atoms with Gasteiger partial charge < -0.3 is 15.2 Å². The third-order valence-electron chi connectivity index (χ3n) is 5.85. The molecule has 1 amide bonds. The smallest absolute Gasteiger partial charge is 0.408 e.